The third kappa shape index (κ3) is 1.56. The minimum absolute atomic E-state index is 0.0462. The Bertz CT molecular complexity index is 1290. The van der Waals surface area contributed by atoms with Crippen molar-refractivity contribution >= 4 is 29.0 Å². The molecule has 1 spiro atoms. The molecule has 0 nitrogen and oxygen atoms in total. The first kappa shape index (κ1) is 14.3. The van der Waals surface area contributed by atoms with Gasteiger partial charge in [-0.1, -0.05) is 92.8 Å². The second kappa shape index (κ2) is 4.45. The molecule has 1 atom stereocenters. The maximum atomic E-state index is 2.39. The summed E-state index contributed by atoms with van der Waals surface area (Å²) in [5.41, 5.74) is 5.56. The van der Waals surface area contributed by atoms with Crippen LogP contribution in [0.1, 0.15) is 30.5 Å². The van der Waals surface area contributed by atoms with Crippen LogP contribution in [-0.4, -0.2) is 0 Å². The van der Waals surface area contributed by atoms with Crippen molar-refractivity contribution in [3.05, 3.63) is 99.5 Å². The number of hydrogen-bond donors (Lipinski definition) is 0. The lowest BCUT2D eigenvalue weighted by Gasteiger charge is -2.38. The van der Waals surface area contributed by atoms with E-state index in [-0.39, 0.29) is 10.8 Å². The van der Waals surface area contributed by atoms with Crippen LogP contribution >= 0.6 is 0 Å². The highest BCUT2D eigenvalue weighted by Crippen LogP contribution is 2.46. The molecule has 0 saturated heterocycles. The van der Waals surface area contributed by atoms with E-state index in [2.05, 4.69) is 98.9 Å². The largest absolute Gasteiger partial charge is 0.0744 e. The van der Waals surface area contributed by atoms with Gasteiger partial charge < -0.3 is 0 Å². The van der Waals surface area contributed by atoms with E-state index >= 15 is 0 Å². The summed E-state index contributed by atoms with van der Waals surface area (Å²) in [4.78, 5) is 0. The van der Waals surface area contributed by atoms with Gasteiger partial charge in [0, 0.05) is 5.41 Å². The number of hydrogen-bond acceptors (Lipinski definition) is 0. The Morgan fingerprint density at radius 3 is 2.58 bits per heavy atom. The van der Waals surface area contributed by atoms with E-state index in [9.17, 15) is 0 Å². The molecule has 2 aromatic carbocycles. The number of allylic oxidation sites excluding steroid dienone is 9. The van der Waals surface area contributed by atoms with Crippen LogP contribution in [0.4, 0.5) is 0 Å². The van der Waals surface area contributed by atoms with Gasteiger partial charge in [-0.25, -0.2) is 0 Å². The van der Waals surface area contributed by atoms with Crippen molar-refractivity contribution in [3.8, 4) is 0 Å². The molecule has 26 heavy (non-hydrogen) atoms. The molecule has 0 radical (unpaired) electrons. The van der Waals surface area contributed by atoms with Gasteiger partial charge in [0.05, 0.1) is 5.41 Å². The molecule has 2 aromatic rings. The molecule has 0 bridgehead atoms. The van der Waals surface area contributed by atoms with Gasteiger partial charge in [-0.15, -0.1) is 0 Å². The highest BCUT2D eigenvalue weighted by Gasteiger charge is 2.38. The van der Waals surface area contributed by atoms with Crippen LogP contribution in [0.3, 0.4) is 0 Å². The number of benzene rings is 2. The highest BCUT2D eigenvalue weighted by molar-refractivity contribution is 6.01. The fraction of sp³-hybridized carbons (Fsp3) is 0.154. The zero-order chi connectivity index (χ0) is 17.5. The molecule has 4 aliphatic rings. The first-order chi connectivity index (χ1) is 12.6. The lowest BCUT2D eigenvalue weighted by molar-refractivity contribution is 0.668. The van der Waals surface area contributed by atoms with Crippen LogP contribution in [0.2, 0.25) is 0 Å². The van der Waals surface area contributed by atoms with Gasteiger partial charge in [-0.05, 0) is 49.5 Å². The Labute approximate surface area is 153 Å². The summed E-state index contributed by atoms with van der Waals surface area (Å²) in [5, 5.41) is 5.54. The topological polar surface area (TPSA) is 0 Å². The van der Waals surface area contributed by atoms with E-state index in [1.807, 2.05) is 0 Å². The van der Waals surface area contributed by atoms with Crippen molar-refractivity contribution in [1.29, 1.82) is 0 Å². The Kier molecular flexibility index (Phi) is 2.45. The smallest absolute Gasteiger partial charge is 0.0581 e. The summed E-state index contributed by atoms with van der Waals surface area (Å²) < 4.78 is 0. The maximum absolute atomic E-state index is 2.39. The Morgan fingerprint density at radius 1 is 0.731 bits per heavy atom. The van der Waals surface area contributed by atoms with Crippen molar-refractivity contribution in [3.63, 3.8) is 0 Å². The first-order valence-corrected chi connectivity index (χ1v) is 9.38. The van der Waals surface area contributed by atoms with E-state index in [4.69, 9.17) is 0 Å². The van der Waals surface area contributed by atoms with Crippen molar-refractivity contribution in [2.75, 3.05) is 0 Å². The van der Waals surface area contributed by atoms with Crippen LogP contribution < -0.4 is 10.4 Å². The second-order valence-corrected chi connectivity index (χ2v) is 8.34. The molecule has 0 saturated carbocycles. The average Bonchev–Trinajstić information content (AvgIpc) is 2.64. The summed E-state index contributed by atoms with van der Waals surface area (Å²) in [6.45, 7) is 4.65. The summed E-state index contributed by atoms with van der Waals surface area (Å²) >= 11 is 0. The molecule has 0 aliphatic heterocycles. The lowest BCUT2D eigenvalue weighted by atomic mass is 9.64. The Morgan fingerprint density at radius 2 is 1.65 bits per heavy atom. The third-order valence-corrected chi connectivity index (χ3v) is 6.43. The molecule has 0 aromatic heterocycles. The second-order valence-electron chi connectivity index (χ2n) is 8.34. The van der Waals surface area contributed by atoms with E-state index in [0.29, 0.717) is 0 Å². The van der Waals surface area contributed by atoms with Crippen molar-refractivity contribution in [1.82, 2.24) is 0 Å². The summed E-state index contributed by atoms with van der Waals surface area (Å²) in [6, 6.07) is 7.04. The van der Waals surface area contributed by atoms with Gasteiger partial charge >= 0.3 is 0 Å². The monoisotopic (exact) mass is 332 g/mol. The summed E-state index contributed by atoms with van der Waals surface area (Å²) in [5.74, 6) is 0. The Hall–Kier alpha value is -2.86. The SMILES string of the molecule is CC1(C)C=CC=c2cc3c4c5c(ccc4c21)=CC=C1C=CC=CC15C=C3. The molecule has 124 valence electrons. The van der Waals surface area contributed by atoms with E-state index in [0.717, 1.165) is 0 Å². The van der Waals surface area contributed by atoms with Gasteiger partial charge in [0.15, 0.2) is 0 Å². The molecular weight excluding hydrogens is 312 g/mol. The molecule has 1 unspecified atom stereocenters. The first-order valence-electron chi connectivity index (χ1n) is 9.38. The van der Waals surface area contributed by atoms with Crippen molar-refractivity contribution < 1.29 is 0 Å². The van der Waals surface area contributed by atoms with Gasteiger partial charge in [0.1, 0.15) is 0 Å². The van der Waals surface area contributed by atoms with Crippen molar-refractivity contribution in [2.24, 2.45) is 0 Å². The third-order valence-electron chi connectivity index (χ3n) is 6.43. The molecule has 0 heterocycles. The van der Waals surface area contributed by atoms with Gasteiger partial charge in [-0.3, -0.25) is 0 Å². The molecule has 6 rings (SSSR count). The molecule has 0 N–H and O–H groups in total. The molecule has 4 aliphatic carbocycles. The van der Waals surface area contributed by atoms with E-state index in [1.165, 1.54) is 43.5 Å². The predicted molar refractivity (Wildman–Crippen MR) is 111 cm³/mol. The van der Waals surface area contributed by atoms with Gasteiger partial charge in [-0.2, -0.15) is 0 Å². The predicted octanol–water partition coefficient (Wildman–Crippen LogP) is 4.58. The van der Waals surface area contributed by atoms with Crippen LogP contribution in [0, 0.1) is 0 Å². The summed E-state index contributed by atoms with van der Waals surface area (Å²) in [7, 11) is 0. The number of rotatable bonds is 0. The number of fused-ring (bicyclic) bond motifs is 2. The van der Waals surface area contributed by atoms with Crippen LogP contribution in [0.15, 0.2) is 72.4 Å². The molecule has 0 heteroatoms. The van der Waals surface area contributed by atoms with E-state index < -0.39 is 0 Å². The van der Waals surface area contributed by atoms with Crippen LogP contribution in [0.25, 0.3) is 29.0 Å². The highest BCUT2D eigenvalue weighted by atomic mass is 14.4. The fourth-order valence-electron chi connectivity index (χ4n) is 5.29. The molecular formula is C26H20. The van der Waals surface area contributed by atoms with Crippen LogP contribution in [-0.2, 0) is 10.8 Å². The maximum Gasteiger partial charge on any atom is 0.0581 e. The zero-order valence-corrected chi connectivity index (χ0v) is 15.1. The van der Waals surface area contributed by atoms with E-state index in [1.54, 1.807) is 0 Å². The summed E-state index contributed by atoms with van der Waals surface area (Å²) in [6.07, 6.45) is 25.0. The molecule has 0 amide bonds. The average molecular weight is 332 g/mol. The Balaban J connectivity index is 1.86. The van der Waals surface area contributed by atoms with Crippen LogP contribution in [0.5, 0.6) is 0 Å². The minimum Gasteiger partial charge on any atom is -0.0744 e. The van der Waals surface area contributed by atoms with Crippen molar-refractivity contribution in [2.45, 2.75) is 24.7 Å². The standard InChI is InChI=1S/C26H20/c1-25(2)13-5-6-19-16-18-12-15-26-14-4-3-7-20(26)10-8-17-9-11-21(23(19)25)22(18)24(17)26/h3-16H,1-2H3. The fourth-order valence-corrected chi connectivity index (χ4v) is 5.29. The van der Waals surface area contributed by atoms with Gasteiger partial charge in [0.2, 0.25) is 0 Å². The normalized spacial score (nSPS) is 25.2. The van der Waals surface area contributed by atoms with Gasteiger partial charge in [0.25, 0.3) is 0 Å². The quantitative estimate of drug-likeness (QED) is 0.662. The molecule has 0 fully saturated rings. The minimum atomic E-state index is -0.113. The zero-order valence-electron chi connectivity index (χ0n) is 15.1. The lowest BCUT2D eigenvalue weighted by Crippen LogP contribution is -2.36.